The van der Waals surface area contributed by atoms with Gasteiger partial charge in [0.1, 0.15) is 5.75 Å². The van der Waals surface area contributed by atoms with Crippen LogP contribution in [0.2, 0.25) is 0 Å². The van der Waals surface area contributed by atoms with Crippen molar-refractivity contribution >= 4 is 11.8 Å². The predicted molar refractivity (Wildman–Crippen MR) is 95.5 cm³/mol. The summed E-state index contributed by atoms with van der Waals surface area (Å²) in [6, 6.07) is 8.53. The van der Waals surface area contributed by atoms with E-state index in [0.717, 1.165) is 37.1 Å². The second-order valence-corrected chi connectivity index (χ2v) is 7.09. The fourth-order valence-corrected chi connectivity index (χ4v) is 2.92. The first-order chi connectivity index (χ1) is 10.2. The van der Waals surface area contributed by atoms with Crippen molar-refractivity contribution in [1.29, 1.82) is 0 Å². The molecular formula is C18H31NOS. The molecule has 120 valence electrons. The molecule has 0 aliphatic carbocycles. The molecule has 0 radical (unpaired) electrons. The summed E-state index contributed by atoms with van der Waals surface area (Å²) >= 11 is 1.95. The quantitative estimate of drug-likeness (QED) is 0.618. The predicted octanol–water partition coefficient (Wildman–Crippen LogP) is 4.24. The highest BCUT2D eigenvalue weighted by molar-refractivity contribution is 7.98. The monoisotopic (exact) mass is 309 g/mol. The molecule has 3 heteroatoms. The van der Waals surface area contributed by atoms with Crippen LogP contribution >= 0.6 is 11.8 Å². The van der Waals surface area contributed by atoms with Crippen LogP contribution in [0.4, 0.5) is 0 Å². The Bertz CT molecular complexity index is 364. The van der Waals surface area contributed by atoms with Gasteiger partial charge < -0.3 is 10.1 Å². The topological polar surface area (TPSA) is 21.3 Å². The Morgan fingerprint density at radius 1 is 1.14 bits per heavy atom. The zero-order chi connectivity index (χ0) is 15.5. The third kappa shape index (κ3) is 8.37. The lowest BCUT2D eigenvalue weighted by Crippen LogP contribution is -2.27. The van der Waals surface area contributed by atoms with Crippen LogP contribution in [-0.2, 0) is 6.42 Å². The Hall–Kier alpha value is -0.670. The molecular weight excluding hydrogens is 278 g/mol. The maximum atomic E-state index is 5.23. The molecule has 2 nitrogen and oxygen atoms in total. The molecule has 1 aromatic carbocycles. The van der Waals surface area contributed by atoms with E-state index in [9.17, 15) is 0 Å². The first-order valence-electron chi connectivity index (χ1n) is 7.98. The molecule has 0 heterocycles. The summed E-state index contributed by atoms with van der Waals surface area (Å²) in [6.45, 7) is 6.76. The number of methoxy groups -OCH3 is 1. The molecule has 21 heavy (non-hydrogen) atoms. The average Bonchev–Trinajstić information content (AvgIpc) is 2.47. The highest BCUT2D eigenvalue weighted by atomic mass is 32.2. The number of rotatable bonds is 11. The summed E-state index contributed by atoms with van der Waals surface area (Å²) in [7, 11) is 1.72. The van der Waals surface area contributed by atoms with Gasteiger partial charge in [-0.1, -0.05) is 26.0 Å². The Balaban J connectivity index is 2.48. The van der Waals surface area contributed by atoms with Crippen LogP contribution in [-0.4, -0.2) is 32.2 Å². The second-order valence-electron chi connectivity index (χ2n) is 6.11. The molecule has 0 fully saturated rings. The number of thioether (sulfide) groups is 1. The number of nitrogens with one attached hydrogen (secondary N) is 1. The van der Waals surface area contributed by atoms with Gasteiger partial charge in [0.15, 0.2) is 0 Å². The zero-order valence-electron chi connectivity index (χ0n) is 14.0. The molecule has 1 aromatic rings. The van der Waals surface area contributed by atoms with Gasteiger partial charge in [0, 0.05) is 0 Å². The van der Waals surface area contributed by atoms with Gasteiger partial charge in [-0.05, 0) is 73.9 Å². The summed E-state index contributed by atoms with van der Waals surface area (Å²) in [4.78, 5) is 0. The average molecular weight is 310 g/mol. The molecule has 0 aliphatic heterocycles. The summed E-state index contributed by atoms with van der Waals surface area (Å²) in [6.07, 6.45) is 5.96. The third-order valence-electron chi connectivity index (χ3n) is 3.63. The van der Waals surface area contributed by atoms with E-state index >= 15 is 0 Å². The van der Waals surface area contributed by atoms with E-state index in [1.54, 1.807) is 7.11 Å². The summed E-state index contributed by atoms with van der Waals surface area (Å²) in [5, 5.41) is 3.62. The van der Waals surface area contributed by atoms with Crippen molar-refractivity contribution in [2.24, 2.45) is 11.8 Å². The van der Waals surface area contributed by atoms with Crippen LogP contribution in [0.3, 0.4) is 0 Å². The van der Waals surface area contributed by atoms with Gasteiger partial charge in [0.25, 0.3) is 0 Å². The highest BCUT2D eigenvalue weighted by Gasteiger charge is 2.10. The molecule has 1 unspecified atom stereocenters. The van der Waals surface area contributed by atoms with Gasteiger partial charge in [-0.2, -0.15) is 11.8 Å². The normalized spacial score (nSPS) is 12.6. The van der Waals surface area contributed by atoms with Crippen molar-refractivity contribution in [2.75, 3.05) is 32.2 Å². The second kappa shape index (κ2) is 11.0. The van der Waals surface area contributed by atoms with Crippen molar-refractivity contribution in [1.82, 2.24) is 5.32 Å². The number of ether oxygens (including phenoxy) is 1. The molecule has 1 N–H and O–H groups in total. The fraction of sp³-hybridized carbons (Fsp3) is 0.667. The van der Waals surface area contributed by atoms with E-state index in [0.29, 0.717) is 0 Å². The number of hydrogen-bond acceptors (Lipinski definition) is 3. The van der Waals surface area contributed by atoms with Crippen molar-refractivity contribution in [2.45, 2.75) is 33.1 Å². The molecule has 0 saturated carbocycles. The fourth-order valence-electron chi connectivity index (χ4n) is 2.46. The van der Waals surface area contributed by atoms with Crippen molar-refractivity contribution < 1.29 is 4.74 Å². The van der Waals surface area contributed by atoms with E-state index in [1.165, 1.54) is 24.2 Å². The van der Waals surface area contributed by atoms with Crippen LogP contribution in [0.5, 0.6) is 5.75 Å². The summed E-state index contributed by atoms with van der Waals surface area (Å²) in [5.74, 6) is 3.65. The highest BCUT2D eigenvalue weighted by Crippen LogP contribution is 2.18. The van der Waals surface area contributed by atoms with Gasteiger partial charge in [-0.3, -0.25) is 0 Å². The van der Waals surface area contributed by atoms with Gasteiger partial charge in [0.2, 0.25) is 0 Å². The van der Waals surface area contributed by atoms with Crippen LogP contribution in [0.25, 0.3) is 0 Å². The first kappa shape index (κ1) is 18.4. The van der Waals surface area contributed by atoms with E-state index in [2.05, 4.69) is 49.7 Å². The Morgan fingerprint density at radius 3 is 2.43 bits per heavy atom. The molecule has 0 aliphatic rings. The van der Waals surface area contributed by atoms with E-state index in [1.807, 2.05) is 11.8 Å². The number of hydrogen-bond donors (Lipinski definition) is 1. The van der Waals surface area contributed by atoms with Gasteiger partial charge in [-0.15, -0.1) is 0 Å². The zero-order valence-corrected chi connectivity index (χ0v) is 14.8. The minimum atomic E-state index is 0.720. The molecule has 1 atom stereocenters. The van der Waals surface area contributed by atoms with Gasteiger partial charge in [-0.25, -0.2) is 0 Å². The molecule has 1 rings (SSSR count). The number of benzene rings is 1. The van der Waals surface area contributed by atoms with E-state index < -0.39 is 0 Å². The van der Waals surface area contributed by atoms with Crippen LogP contribution < -0.4 is 10.1 Å². The molecule has 0 spiro atoms. The standard InChI is InChI=1S/C18H31NOS/c1-15(2)13-19-14-17(6-5-11-21-4)12-16-7-9-18(20-3)10-8-16/h7-10,15,17,19H,5-6,11-14H2,1-4H3. The SMILES string of the molecule is COc1ccc(CC(CCCSC)CNCC(C)C)cc1. The third-order valence-corrected chi connectivity index (χ3v) is 4.33. The van der Waals surface area contributed by atoms with Crippen molar-refractivity contribution in [3.05, 3.63) is 29.8 Å². The van der Waals surface area contributed by atoms with Crippen molar-refractivity contribution in [3.63, 3.8) is 0 Å². The smallest absolute Gasteiger partial charge is 0.118 e. The van der Waals surface area contributed by atoms with Crippen molar-refractivity contribution in [3.8, 4) is 5.75 Å². The largest absolute Gasteiger partial charge is 0.497 e. The Labute approximate surface area is 135 Å². The molecule has 0 bridgehead atoms. The van der Waals surface area contributed by atoms with Crippen LogP contribution in [0.1, 0.15) is 32.3 Å². The lowest BCUT2D eigenvalue weighted by Gasteiger charge is -2.19. The minimum Gasteiger partial charge on any atom is -0.497 e. The lowest BCUT2D eigenvalue weighted by molar-refractivity contribution is 0.412. The van der Waals surface area contributed by atoms with Crippen LogP contribution in [0.15, 0.2) is 24.3 Å². The maximum Gasteiger partial charge on any atom is 0.118 e. The summed E-state index contributed by atoms with van der Waals surface area (Å²) < 4.78 is 5.23. The lowest BCUT2D eigenvalue weighted by atomic mass is 9.94. The first-order valence-corrected chi connectivity index (χ1v) is 9.37. The van der Waals surface area contributed by atoms with Gasteiger partial charge >= 0.3 is 0 Å². The Morgan fingerprint density at radius 2 is 1.86 bits per heavy atom. The molecule has 0 saturated heterocycles. The maximum absolute atomic E-state index is 5.23. The Kier molecular flexibility index (Phi) is 9.60. The van der Waals surface area contributed by atoms with E-state index in [4.69, 9.17) is 4.74 Å². The molecule has 0 amide bonds. The van der Waals surface area contributed by atoms with Crippen LogP contribution in [0, 0.1) is 11.8 Å². The summed E-state index contributed by atoms with van der Waals surface area (Å²) in [5.41, 5.74) is 1.41. The van der Waals surface area contributed by atoms with E-state index in [-0.39, 0.29) is 0 Å². The van der Waals surface area contributed by atoms with Gasteiger partial charge in [0.05, 0.1) is 7.11 Å². The molecule has 0 aromatic heterocycles. The minimum absolute atomic E-state index is 0.720.